The summed E-state index contributed by atoms with van der Waals surface area (Å²) in [5.74, 6) is 1.02. The molecule has 1 aliphatic rings. The molecule has 0 radical (unpaired) electrons. The zero-order valence-electron chi connectivity index (χ0n) is 26.4. The third kappa shape index (κ3) is 8.95. The van der Waals surface area contributed by atoms with E-state index >= 15 is 0 Å². The zero-order chi connectivity index (χ0) is 33.7. The lowest BCUT2D eigenvalue weighted by molar-refractivity contribution is -0.274. The number of amidine groups is 1. The van der Waals surface area contributed by atoms with E-state index in [1.54, 1.807) is 4.90 Å². The number of aryl methyl sites for hydroxylation is 1. The topological polar surface area (TPSA) is 72.6 Å². The van der Waals surface area contributed by atoms with Gasteiger partial charge in [-0.25, -0.2) is 14.7 Å². The van der Waals surface area contributed by atoms with Crippen molar-refractivity contribution in [2.75, 3.05) is 10.7 Å². The molecular formula is C35H34F3N5O2S2. The third-order valence-electron chi connectivity index (χ3n) is 7.38. The Bertz CT molecular complexity index is 1820. The molecule has 1 aliphatic heterocycles. The van der Waals surface area contributed by atoms with Gasteiger partial charge < -0.3 is 4.74 Å². The molecule has 1 unspecified atom stereocenters. The first-order valence-electron chi connectivity index (χ1n) is 15.1. The van der Waals surface area contributed by atoms with Crippen LogP contribution in [-0.2, 0) is 4.79 Å². The molecule has 1 amide bonds. The van der Waals surface area contributed by atoms with Gasteiger partial charge >= 0.3 is 6.36 Å². The van der Waals surface area contributed by atoms with Crippen LogP contribution in [-0.4, -0.2) is 42.9 Å². The normalized spacial score (nSPS) is 15.3. The van der Waals surface area contributed by atoms with Gasteiger partial charge in [-0.3, -0.25) is 9.69 Å². The Hall–Kier alpha value is -4.29. The quantitative estimate of drug-likeness (QED) is 0.156. The maximum absolute atomic E-state index is 12.9. The van der Waals surface area contributed by atoms with Crippen molar-refractivity contribution in [3.8, 4) is 22.8 Å². The van der Waals surface area contributed by atoms with Crippen LogP contribution in [0.15, 0.2) is 84.1 Å². The van der Waals surface area contributed by atoms with Crippen LogP contribution in [0.4, 0.5) is 18.9 Å². The van der Waals surface area contributed by atoms with Gasteiger partial charge in [0.15, 0.2) is 11.0 Å². The highest BCUT2D eigenvalue weighted by Crippen LogP contribution is 2.34. The van der Waals surface area contributed by atoms with Gasteiger partial charge in [0.05, 0.1) is 17.1 Å². The van der Waals surface area contributed by atoms with Crippen LogP contribution in [0.5, 0.6) is 5.75 Å². The van der Waals surface area contributed by atoms with Gasteiger partial charge in [-0.15, -0.1) is 18.3 Å². The zero-order valence-corrected chi connectivity index (χ0v) is 28.0. The van der Waals surface area contributed by atoms with E-state index in [1.807, 2.05) is 43.3 Å². The molecule has 0 N–H and O–H groups in total. The summed E-state index contributed by atoms with van der Waals surface area (Å²) in [5, 5.41) is 5.13. The molecule has 5 rings (SSSR count). The van der Waals surface area contributed by atoms with Gasteiger partial charge in [-0.05, 0) is 78.3 Å². The molecule has 12 heteroatoms. The molecule has 0 aliphatic carbocycles. The highest BCUT2D eigenvalue weighted by molar-refractivity contribution is 8.15. The van der Waals surface area contributed by atoms with Crippen LogP contribution in [0.1, 0.15) is 56.2 Å². The molecule has 0 spiro atoms. The van der Waals surface area contributed by atoms with Crippen LogP contribution >= 0.6 is 24.0 Å². The molecule has 1 aromatic heterocycles. The minimum Gasteiger partial charge on any atom is -0.406 e. The molecule has 0 saturated carbocycles. The maximum Gasteiger partial charge on any atom is 0.573 e. The number of alkyl halides is 3. The fourth-order valence-corrected chi connectivity index (χ4v) is 6.40. The molecule has 1 fully saturated rings. The number of ether oxygens (including phenoxy) is 1. The van der Waals surface area contributed by atoms with E-state index in [2.05, 4.69) is 53.8 Å². The Morgan fingerprint density at radius 1 is 1.11 bits per heavy atom. The number of nitrogens with zero attached hydrogens (tertiary/aromatic N) is 5. The summed E-state index contributed by atoms with van der Waals surface area (Å²) in [7, 11) is 0. The number of allylic oxidation sites excluding steroid dienone is 1. The molecule has 1 atom stereocenters. The molecule has 1 saturated heterocycles. The van der Waals surface area contributed by atoms with Gasteiger partial charge in [-0.2, -0.15) is 0 Å². The lowest BCUT2D eigenvalue weighted by Crippen LogP contribution is -2.31. The predicted molar refractivity (Wildman–Crippen MR) is 186 cm³/mol. The van der Waals surface area contributed by atoms with Gasteiger partial charge in [0, 0.05) is 12.0 Å². The Balaban J connectivity index is 1.19. The second-order valence-electron chi connectivity index (χ2n) is 11.7. The predicted octanol–water partition coefficient (Wildman–Crippen LogP) is 9.16. The number of benzene rings is 3. The number of thiocarbonyl (C=S) groups is 1. The first-order valence-corrected chi connectivity index (χ1v) is 16.5. The van der Waals surface area contributed by atoms with Crippen molar-refractivity contribution in [2.45, 2.75) is 52.8 Å². The van der Waals surface area contributed by atoms with E-state index < -0.39 is 6.36 Å². The molecule has 2 heterocycles. The van der Waals surface area contributed by atoms with Crippen molar-refractivity contribution in [1.82, 2.24) is 14.8 Å². The van der Waals surface area contributed by atoms with Crippen molar-refractivity contribution in [3.63, 3.8) is 0 Å². The van der Waals surface area contributed by atoms with E-state index in [0.29, 0.717) is 33.8 Å². The van der Waals surface area contributed by atoms with Crippen molar-refractivity contribution in [3.05, 3.63) is 95.8 Å². The number of amides is 1. The summed E-state index contributed by atoms with van der Waals surface area (Å²) in [5.41, 5.74) is 5.39. The molecule has 244 valence electrons. The highest BCUT2D eigenvalue weighted by Gasteiger charge is 2.32. The fourth-order valence-electron chi connectivity index (χ4n) is 5.09. The van der Waals surface area contributed by atoms with Gasteiger partial charge in [0.2, 0.25) is 5.91 Å². The van der Waals surface area contributed by atoms with E-state index in [9.17, 15) is 18.0 Å². The van der Waals surface area contributed by atoms with Crippen molar-refractivity contribution in [2.24, 2.45) is 10.9 Å². The van der Waals surface area contributed by atoms with E-state index in [1.165, 1.54) is 47.0 Å². The van der Waals surface area contributed by atoms with Crippen molar-refractivity contribution in [1.29, 1.82) is 0 Å². The Morgan fingerprint density at radius 2 is 1.87 bits per heavy atom. The number of anilines is 1. The number of carbonyl (C=O) groups is 1. The van der Waals surface area contributed by atoms with E-state index in [0.717, 1.165) is 34.4 Å². The lowest BCUT2D eigenvalue weighted by atomic mass is 9.99. The number of thioether (sulfide) groups is 1. The number of halogens is 3. The summed E-state index contributed by atoms with van der Waals surface area (Å²) in [6.07, 6.45) is 2.28. The molecular weight excluding hydrogens is 644 g/mol. The van der Waals surface area contributed by atoms with Crippen molar-refractivity contribution < 1.29 is 22.7 Å². The van der Waals surface area contributed by atoms with Crippen LogP contribution in [0.3, 0.4) is 0 Å². The summed E-state index contributed by atoms with van der Waals surface area (Å²) in [6.45, 7) is 8.37. The molecule has 4 aromatic rings. The summed E-state index contributed by atoms with van der Waals surface area (Å²) in [6, 6.07) is 19.4. The number of aliphatic imine (C=N–C) groups is 1. The first-order chi connectivity index (χ1) is 22.4. The minimum atomic E-state index is -4.75. The van der Waals surface area contributed by atoms with Gasteiger partial charge in [-0.1, -0.05) is 87.2 Å². The average Bonchev–Trinajstić information content (AvgIpc) is 3.64. The minimum absolute atomic E-state index is 0.0119. The van der Waals surface area contributed by atoms with Crippen LogP contribution in [0.2, 0.25) is 0 Å². The van der Waals surface area contributed by atoms with Gasteiger partial charge in [0.25, 0.3) is 0 Å². The number of hydrogen-bond acceptors (Lipinski definition) is 6. The fraction of sp³-hybridized carbons (Fsp3) is 0.286. The second kappa shape index (κ2) is 14.6. The summed E-state index contributed by atoms with van der Waals surface area (Å²) < 4.78 is 42.8. The van der Waals surface area contributed by atoms with Crippen LogP contribution < -0.4 is 9.64 Å². The first kappa shape index (κ1) is 34.1. The summed E-state index contributed by atoms with van der Waals surface area (Å²) >= 11 is 7.09. The van der Waals surface area contributed by atoms with E-state index in [-0.39, 0.29) is 23.5 Å². The van der Waals surface area contributed by atoms with Gasteiger partial charge in [0.1, 0.15) is 17.1 Å². The molecule has 7 nitrogen and oxygen atoms in total. The van der Waals surface area contributed by atoms with Crippen LogP contribution in [0.25, 0.3) is 23.2 Å². The van der Waals surface area contributed by atoms with Crippen molar-refractivity contribution >= 4 is 51.8 Å². The largest absolute Gasteiger partial charge is 0.573 e. The highest BCUT2D eigenvalue weighted by atomic mass is 32.2. The standard InChI is InChI=1S/C35H34F3N5O2S2/c1-22(2)29-16-11-24(4)17-30(29)43-32(44)20-47-34(43)40-31(46)18-23(3)7-5-8-25-9-6-10-26(19-25)33-39-21-42(41-33)27-12-14-28(15-13-27)45-35(36,37)38/h5-6,8-17,19,21-23H,7,18,20H2,1-4H3/b8-5+,40-34?. The second-order valence-corrected chi connectivity index (χ2v) is 13.1. The van der Waals surface area contributed by atoms with E-state index in [4.69, 9.17) is 17.2 Å². The number of rotatable bonds is 10. The van der Waals surface area contributed by atoms with Crippen LogP contribution in [0, 0.1) is 12.8 Å². The number of carbonyl (C=O) groups excluding carboxylic acids is 1. The average molecular weight is 678 g/mol. The Morgan fingerprint density at radius 3 is 2.60 bits per heavy atom. The Labute approximate surface area is 281 Å². The molecule has 3 aromatic carbocycles. The molecule has 0 bridgehead atoms. The smallest absolute Gasteiger partial charge is 0.406 e. The molecule has 47 heavy (non-hydrogen) atoms. The lowest BCUT2D eigenvalue weighted by Gasteiger charge is -2.22. The SMILES string of the molecule is Cc1ccc(C(C)C)c(N2C(=O)CSC2=NC(=S)CC(C)C/C=C/c2cccc(-c3ncn(-c4ccc(OC(F)(F)F)cc4)n3)c2)c1. The number of aromatic nitrogens is 3. The monoisotopic (exact) mass is 677 g/mol. The summed E-state index contributed by atoms with van der Waals surface area (Å²) in [4.78, 5) is 24.3. The number of hydrogen-bond donors (Lipinski definition) is 0. The maximum atomic E-state index is 12.9. The Kier molecular flexibility index (Phi) is 10.6. The third-order valence-corrected chi connectivity index (χ3v) is 8.56.